The van der Waals surface area contributed by atoms with E-state index in [4.69, 9.17) is 4.98 Å². The summed E-state index contributed by atoms with van der Waals surface area (Å²) in [5.41, 5.74) is 3.85. The van der Waals surface area contributed by atoms with Crippen molar-refractivity contribution in [1.29, 1.82) is 0 Å². The SMILES string of the molecule is CC1Cc2cc3ccc(Br)cc3nc2C1. The summed E-state index contributed by atoms with van der Waals surface area (Å²) in [6.45, 7) is 2.29. The summed E-state index contributed by atoms with van der Waals surface area (Å²) < 4.78 is 1.11. The Morgan fingerprint density at radius 2 is 2.13 bits per heavy atom. The Morgan fingerprint density at radius 3 is 3.00 bits per heavy atom. The molecule has 0 saturated heterocycles. The number of rotatable bonds is 0. The molecule has 0 saturated carbocycles. The van der Waals surface area contributed by atoms with Crippen molar-refractivity contribution in [2.24, 2.45) is 5.92 Å². The van der Waals surface area contributed by atoms with Crippen LogP contribution in [-0.2, 0) is 12.8 Å². The van der Waals surface area contributed by atoms with Crippen molar-refractivity contribution < 1.29 is 0 Å². The molecule has 76 valence electrons. The molecule has 2 aromatic rings. The molecule has 0 fully saturated rings. The maximum atomic E-state index is 4.74. The number of benzene rings is 1. The molecule has 0 N–H and O–H groups in total. The highest BCUT2D eigenvalue weighted by Crippen LogP contribution is 2.28. The predicted octanol–water partition coefficient (Wildman–Crippen LogP) is 3.73. The average Bonchev–Trinajstić information content (AvgIpc) is 2.53. The lowest BCUT2D eigenvalue weighted by molar-refractivity contribution is 0.624. The molecule has 1 atom stereocenters. The number of aromatic nitrogens is 1. The summed E-state index contributed by atoms with van der Waals surface area (Å²) in [7, 11) is 0. The van der Waals surface area contributed by atoms with E-state index < -0.39 is 0 Å². The van der Waals surface area contributed by atoms with Crippen LogP contribution in [0, 0.1) is 5.92 Å². The Labute approximate surface area is 97.7 Å². The van der Waals surface area contributed by atoms with E-state index >= 15 is 0 Å². The summed E-state index contributed by atoms with van der Waals surface area (Å²) in [5, 5.41) is 1.26. The van der Waals surface area contributed by atoms with Gasteiger partial charge in [-0.2, -0.15) is 0 Å². The smallest absolute Gasteiger partial charge is 0.0716 e. The van der Waals surface area contributed by atoms with Gasteiger partial charge in [0.15, 0.2) is 0 Å². The van der Waals surface area contributed by atoms with Gasteiger partial charge >= 0.3 is 0 Å². The van der Waals surface area contributed by atoms with Crippen LogP contribution in [0.5, 0.6) is 0 Å². The number of hydrogen-bond donors (Lipinski definition) is 0. The van der Waals surface area contributed by atoms with E-state index in [0.717, 1.165) is 22.3 Å². The third kappa shape index (κ3) is 1.57. The minimum absolute atomic E-state index is 0.757. The van der Waals surface area contributed by atoms with E-state index in [1.807, 2.05) is 0 Å². The molecule has 0 amide bonds. The lowest BCUT2D eigenvalue weighted by atomic mass is 10.1. The molecule has 3 rings (SSSR count). The van der Waals surface area contributed by atoms with Crippen LogP contribution in [0.2, 0.25) is 0 Å². The minimum atomic E-state index is 0.757. The highest BCUT2D eigenvalue weighted by atomic mass is 79.9. The van der Waals surface area contributed by atoms with Crippen LogP contribution < -0.4 is 0 Å². The fourth-order valence-corrected chi connectivity index (χ4v) is 2.70. The number of pyridine rings is 1. The molecule has 1 unspecified atom stereocenters. The van der Waals surface area contributed by atoms with E-state index in [1.165, 1.54) is 23.1 Å². The van der Waals surface area contributed by atoms with E-state index in [9.17, 15) is 0 Å². The highest BCUT2D eigenvalue weighted by molar-refractivity contribution is 9.10. The van der Waals surface area contributed by atoms with Gasteiger partial charge in [-0.15, -0.1) is 0 Å². The van der Waals surface area contributed by atoms with Gasteiger partial charge in [-0.1, -0.05) is 28.9 Å². The van der Waals surface area contributed by atoms with Crippen molar-refractivity contribution >= 4 is 26.8 Å². The van der Waals surface area contributed by atoms with Crippen LogP contribution in [0.15, 0.2) is 28.7 Å². The Balaban J connectivity index is 2.25. The topological polar surface area (TPSA) is 12.9 Å². The molecule has 2 heteroatoms. The van der Waals surface area contributed by atoms with Gasteiger partial charge in [0.1, 0.15) is 0 Å². The quantitative estimate of drug-likeness (QED) is 0.704. The summed E-state index contributed by atoms with van der Waals surface area (Å²) in [6.07, 6.45) is 2.33. The summed E-state index contributed by atoms with van der Waals surface area (Å²) in [5.74, 6) is 0.757. The largest absolute Gasteiger partial charge is 0.253 e. The zero-order valence-corrected chi connectivity index (χ0v) is 10.2. The van der Waals surface area contributed by atoms with Gasteiger partial charge < -0.3 is 0 Å². The average molecular weight is 262 g/mol. The minimum Gasteiger partial charge on any atom is -0.253 e. The van der Waals surface area contributed by atoms with E-state index in [1.54, 1.807) is 0 Å². The Hall–Kier alpha value is -0.890. The predicted molar refractivity (Wildman–Crippen MR) is 66.0 cm³/mol. The van der Waals surface area contributed by atoms with Crippen LogP contribution in [0.4, 0.5) is 0 Å². The van der Waals surface area contributed by atoms with Gasteiger partial charge in [-0.25, -0.2) is 0 Å². The molecule has 1 aliphatic rings. The van der Waals surface area contributed by atoms with Gasteiger partial charge in [0.25, 0.3) is 0 Å². The molecule has 1 nitrogen and oxygen atoms in total. The van der Waals surface area contributed by atoms with Gasteiger partial charge in [-0.05, 0) is 42.5 Å². The molecular weight excluding hydrogens is 250 g/mol. The second-order valence-corrected chi connectivity index (χ2v) is 5.36. The maximum absolute atomic E-state index is 4.74. The summed E-state index contributed by atoms with van der Waals surface area (Å²) in [4.78, 5) is 4.74. The van der Waals surface area contributed by atoms with Crippen LogP contribution >= 0.6 is 15.9 Å². The van der Waals surface area contributed by atoms with Crippen LogP contribution in [0.25, 0.3) is 10.9 Å². The van der Waals surface area contributed by atoms with Gasteiger partial charge in [-0.3, -0.25) is 4.98 Å². The molecule has 0 radical (unpaired) electrons. The van der Waals surface area contributed by atoms with Crippen LogP contribution in [0.1, 0.15) is 18.2 Å². The second kappa shape index (κ2) is 3.31. The number of halogens is 1. The van der Waals surface area contributed by atoms with Gasteiger partial charge in [0.2, 0.25) is 0 Å². The van der Waals surface area contributed by atoms with Crippen LogP contribution in [-0.4, -0.2) is 4.98 Å². The lowest BCUT2D eigenvalue weighted by Crippen LogP contribution is -1.90. The van der Waals surface area contributed by atoms with Crippen molar-refractivity contribution in [3.05, 3.63) is 40.0 Å². The van der Waals surface area contributed by atoms with E-state index in [-0.39, 0.29) is 0 Å². The lowest BCUT2D eigenvalue weighted by Gasteiger charge is -2.02. The Kier molecular flexibility index (Phi) is 2.06. The first kappa shape index (κ1) is 9.34. The number of fused-ring (bicyclic) bond motifs is 2. The number of nitrogens with zero attached hydrogens (tertiary/aromatic N) is 1. The first-order chi connectivity index (χ1) is 7.22. The first-order valence-corrected chi connectivity index (χ1v) is 6.10. The van der Waals surface area contributed by atoms with Gasteiger partial charge in [0, 0.05) is 15.6 Å². The summed E-state index contributed by atoms with van der Waals surface area (Å²) in [6, 6.07) is 8.61. The van der Waals surface area contributed by atoms with Crippen molar-refractivity contribution in [1.82, 2.24) is 4.98 Å². The molecule has 0 bridgehead atoms. The second-order valence-electron chi connectivity index (χ2n) is 4.44. The third-order valence-electron chi connectivity index (χ3n) is 3.06. The zero-order valence-electron chi connectivity index (χ0n) is 8.63. The molecule has 1 aromatic carbocycles. The number of hydrogen-bond acceptors (Lipinski definition) is 1. The monoisotopic (exact) mass is 261 g/mol. The van der Waals surface area contributed by atoms with Crippen LogP contribution in [0.3, 0.4) is 0 Å². The van der Waals surface area contributed by atoms with Crippen molar-refractivity contribution in [3.63, 3.8) is 0 Å². The van der Waals surface area contributed by atoms with Crippen molar-refractivity contribution in [3.8, 4) is 0 Å². The van der Waals surface area contributed by atoms with E-state index in [0.29, 0.717) is 0 Å². The molecule has 0 aliphatic heterocycles. The highest BCUT2D eigenvalue weighted by Gasteiger charge is 2.19. The van der Waals surface area contributed by atoms with Crippen molar-refractivity contribution in [2.45, 2.75) is 19.8 Å². The molecule has 0 spiro atoms. The molecule has 15 heavy (non-hydrogen) atoms. The van der Waals surface area contributed by atoms with E-state index in [2.05, 4.69) is 47.1 Å². The zero-order chi connectivity index (χ0) is 10.4. The molecular formula is C13H12BrN. The van der Waals surface area contributed by atoms with Gasteiger partial charge in [0.05, 0.1) is 5.52 Å². The fourth-order valence-electron chi connectivity index (χ4n) is 2.36. The Morgan fingerprint density at radius 1 is 1.27 bits per heavy atom. The Bertz CT molecular complexity index is 533. The first-order valence-electron chi connectivity index (χ1n) is 5.30. The molecule has 1 aromatic heterocycles. The molecule has 1 aliphatic carbocycles. The third-order valence-corrected chi connectivity index (χ3v) is 3.55. The summed E-state index contributed by atoms with van der Waals surface area (Å²) >= 11 is 3.48. The van der Waals surface area contributed by atoms with Crippen molar-refractivity contribution in [2.75, 3.05) is 0 Å². The normalized spacial score (nSPS) is 19.5. The molecule has 1 heterocycles. The fraction of sp³-hybridized carbons (Fsp3) is 0.308. The standard InChI is InChI=1S/C13H12BrN/c1-8-4-10-6-9-2-3-11(14)7-13(9)15-12(10)5-8/h2-3,6-8H,4-5H2,1H3. The maximum Gasteiger partial charge on any atom is 0.0716 e.